The molecule has 1 aliphatic carbocycles. The molecule has 6 aromatic carbocycles. The number of carbonyl (C=O) groups excluding carboxylic acids is 2. The van der Waals surface area contributed by atoms with Crippen molar-refractivity contribution in [1.82, 2.24) is 0 Å². The van der Waals surface area contributed by atoms with Crippen LogP contribution in [0.25, 0.3) is 10.8 Å². The minimum Gasteiger partial charge on any atom is -0.510 e. The number of aromatic hydroxyl groups is 2. The van der Waals surface area contributed by atoms with Crippen LogP contribution in [0.15, 0.2) is 94.9 Å². The van der Waals surface area contributed by atoms with Gasteiger partial charge < -0.3 is 39.5 Å². The van der Waals surface area contributed by atoms with E-state index in [-0.39, 0.29) is 50.2 Å². The van der Waals surface area contributed by atoms with Crippen LogP contribution in [0.4, 0.5) is 29.7 Å². The number of ether oxygens (including phenoxy) is 2. The van der Waals surface area contributed by atoms with Gasteiger partial charge in [0.2, 0.25) is 0 Å². The molecule has 0 amide bonds. The standard InChI is InChI=1S/C28H24N2.2C15H21FO4.Ni/c1-17-9-5-10-18(2)25(17)29-27-22-15-7-13-21-14-8-16-23(24(21)22)28(27)30-26-19(3)11-6-12-20(26)4;2*1-14(2,3)8-7-9(16)10(15(4,5)6)11(17)12(8)20-13(18)19;/h5-16H,1-4H3;2*7,17H,1-6H3,(H,18,19);/q;;;+2/p-2. The normalized spacial score (nSPS) is 13.5. The summed E-state index contributed by atoms with van der Waals surface area (Å²) in [6, 6.07) is 28.0. The molecule has 0 atom stereocenters. The molecule has 0 aliphatic heterocycles. The summed E-state index contributed by atoms with van der Waals surface area (Å²) in [6.07, 6.45) is -3.59. The third-order valence-electron chi connectivity index (χ3n) is 11.9. The Hall–Kier alpha value is -6.59. The van der Waals surface area contributed by atoms with Crippen molar-refractivity contribution in [3.05, 3.63) is 152 Å². The number of carboxylic acid groups (broad SMARTS) is 2. The van der Waals surface area contributed by atoms with Crippen molar-refractivity contribution in [3.63, 3.8) is 0 Å². The summed E-state index contributed by atoms with van der Waals surface area (Å²) < 4.78 is 37.7. The maximum Gasteiger partial charge on any atom is 2.00 e. The predicted molar refractivity (Wildman–Crippen MR) is 271 cm³/mol. The fourth-order valence-electron chi connectivity index (χ4n) is 8.56. The largest absolute Gasteiger partial charge is 2.00 e. The molecule has 0 unspecified atom stereocenters. The molecule has 0 saturated heterocycles. The van der Waals surface area contributed by atoms with Crippen molar-refractivity contribution in [1.29, 1.82) is 0 Å². The molecule has 13 heteroatoms. The zero-order valence-corrected chi connectivity index (χ0v) is 44.4. The van der Waals surface area contributed by atoms with E-state index in [9.17, 15) is 38.8 Å². The van der Waals surface area contributed by atoms with E-state index >= 15 is 0 Å². The second-order valence-electron chi connectivity index (χ2n) is 21.7. The van der Waals surface area contributed by atoms with Gasteiger partial charge in [-0.2, -0.15) is 0 Å². The van der Waals surface area contributed by atoms with Gasteiger partial charge in [0.1, 0.15) is 23.1 Å². The number of phenols is 2. The Bertz CT molecular complexity index is 2830. The summed E-state index contributed by atoms with van der Waals surface area (Å²) in [5, 5.41) is 44.4. The smallest absolute Gasteiger partial charge is 0.510 e. The van der Waals surface area contributed by atoms with Crippen LogP contribution < -0.4 is 19.7 Å². The number of aliphatic imine (C=N–C) groups is 2. The third kappa shape index (κ3) is 12.7. The molecule has 378 valence electrons. The van der Waals surface area contributed by atoms with Gasteiger partial charge in [-0.1, -0.05) is 156 Å². The Labute approximate surface area is 426 Å². The number of phenolic OH excluding ortho intramolecular Hbond substituents is 2. The van der Waals surface area contributed by atoms with Crippen molar-refractivity contribution >= 4 is 45.9 Å². The van der Waals surface area contributed by atoms with Crippen LogP contribution in [0, 0.1) is 39.3 Å². The molecule has 0 fully saturated rings. The van der Waals surface area contributed by atoms with Crippen molar-refractivity contribution in [2.75, 3.05) is 0 Å². The number of rotatable bonds is 4. The predicted octanol–water partition coefficient (Wildman–Crippen LogP) is 13.0. The van der Waals surface area contributed by atoms with E-state index in [0.29, 0.717) is 0 Å². The summed E-state index contributed by atoms with van der Waals surface area (Å²) in [7, 11) is 0. The maximum absolute atomic E-state index is 14.3. The molecule has 0 aromatic heterocycles. The molecule has 2 N–H and O–H groups in total. The maximum atomic E-state index is 14.3. The van der Waals surface area contributed by atoms with Crippen molar-refractivity contribution in [2.24, 2.45) is 9.98 Å². The average molecular weight is 1010 g/mol. The quantitative estimate of drug-likeness (QED) is 0.100. The van der Waals surface area contributed by atoms with E-state index in [1.54, 1.807) is 83.1 Å². The van der Waals surface area contributed by atoms with E-state index in [0.717, 1.165) is 33.9 Å². The number of para-hydroxylation sites is 2. The first-order chi connectivity index (χ1) is 32.2. The fourth-order valence-corrected chi connectivity index (χ4v) is 8.56. The van der Waals surface area contributed by atoms with Crippen LogP contribution in [0.5, 0.6) is 23.0 Å². The van der Waals surface area contributed by atoms with Gasteiger partial charge in [-0.15, -0.1) is 0 Å². The summed E-state index contributed by atoms with van der Waals surface area (Å²) in [6.45, 7) is 29.4. The number of halogens is 2. The Balaban J connectivity index is 0.000000239. The van der Waals surface area contributed by atoms with Gasteiger partial charge in [-0.05, 0) is 100 Å². The number of carbonyl (C=O) groups is 2. The van der Waals surface area contributed by atoms with Gasteiger partial charge >= 0.3 is 16.5 Å². The number of benzene rings is 6. The second kappa shape index (κ2) is 21.4. The molecule has 7 rings (SSSR count). The van der Waals surface area contributed by atoms with Gasteiger partial charge in [0.05, 0.1) is 34.3 Å². The molecular weight excluding hydrogens is 949 g/mol. The monoisotopic (exact) mass is 1010 g/mol. The van der Waals surface area contributed by atoms with Crippen LogP contribution in [-0.4, -0.2) is 33.9 Å². The van der Waals surface area contributed by atoms with Crippen LogP contribution in [0.3, 0.4) is 0 Å². The van der Waals surface area contributed by atoms with E-state index in [4.69, 9.17) is 9.98 Å². The minimum absolute atomic E-state index is 0. The molecule has 6 aromatic rings. The summed E-state index contributed by atoms with van der Waals surface area (Å²) in [5.41, 5.74) is 9.00. The van der Waals surface area contributed by atoms with Crippen molar-refractivity contribution < 1.29 is 64.8 Å². The molecule has 1 aliphatic rings. The Kier molecular flexibility index (Phi) is 17.2. The molecule has 71 heavy (non-hydrogen) atoms. The Morgan fingerprint density at radius 1 is 0.507 bits per heavy atom. The average Bonchev–Trinajstić information content (AvgIpc) is 3.51. The fraction of sp³-hybridized carbons (Fsp3) is 0.345. The summed E-state index contributed by atoms with van der Waals surface area (Å²) in [5.74, 6) is -2.69. The number of hydrogen-bond acceptors (Lipinski definition) is 10. The number of aryl methyl sites for hydroxylation is 4. The van der Waals surface area contributed by atoms with Gasteiger partial charge in [-0.25, -0.2) is 18.8 Å². The second-order valence-corrected chi connectivity index (χ2v) is 21.7. The zero-order chi connectivity index (χ0) is 52.6. The Morgan fingerprint density at radius 2 is 0.803 bits per heavy atom. The van der Waals surface area contributed by atoms with Crippen LogP contribution in [-0.2, 0) is 38.2 Å². The molecule has 0 saturated carbocycles. The van der Waals surface area contributed by atoms with Crippen LogP contribution in [0.1, 0.15) is 139 Å². The van der Waals surface area contributed by atoms with E-state index < -0.39 is 57.1 Å². The summed E-state index contributed by atoms with van der Waals surface area (Å²) >= 11 is 0. The first kappa shape index (κ1) is 57.0. The Morgan fingerprint density at radius 3 is 1.07 bits per heavy atom. The third-order valence-corrected chi connectivity index (χ3v) is 11.9. The van der Waals surface area contributed by atoms with Crippen LogP contribution in [0.2, 0.25) is 0 Å². The van der Waals surface area contributed by atoms with Crippen LogP contribution >= 0.6 is 0 Å². The SMILES string of the molecule is CC(C)(C)c1cc(F)c(C(C)(C)C)c(O)c1OC(=O)[O-].CC(C)(C)c1cc(F)c(C(C)(C)C)c(O)c1OC(=O)[O-].Cc1cccc(C)c1N=C1C(=Nc2c(C)cccc2C)c2cccc3cccc1c23.[Ni+2]. The molecule has 0 bridgehead atoms. The minimum atomic E-state index is -1.79. The van der Waals surface area contributed by atoms with Crippen molar-refractivity contribution in [3.8, 4) is 23.0 Å². The van der Waals surface area contributed by atoms with E-state index in [2.05, 4.69) is 110 Å². The number of nitrogens with zero attached hydrogens (tertiary/aromatic N) is 2. The number of hydrogen-bond donors (Lipinski definition) is 2. The van der Waals surface area contributed by atoms with E-state index in [1.165, 1.54) is 45.2 Å². The molecule has 10 nitrogen and oxygen atoms in total. The van der Waals surface area contributed by atoms with E-state index in [1.807, 2.05) is 0 Å². The first-order valence-corrected chi connectivity index (χ1v) is 23.0. The van der Waals surface area contributed by atoms with Gasteiger partial charge in [-0.3, -0.25) is 0 Å². The zero-order valence-electron chi connectivity index (χ0n) is 43.4. The molecule has 0 heterocycles. The van der Waals surface area contributed by atoms with Gasteiger partial charge in [0.15, 0.2) is 0 Å². The molecular formula is C58H64F2N2NiO8. The van der Waals surface area contributed by atoms with Gasteiger partial charge in [0.25, 0.3) is 12.3 Å². The molecule has 0 radical (unpaired) electrons. The first-order valence-electron chi connectivity index (χ1n) is 23.0. The van der Waals surface area contributed by atoms with Crippen molar-refractivity contribution in [2.45, 2.75) is 132 Å². The topological polar surface area (TPSA) is 164 Å². The molecule has 0 spiro atoms. The van der Waals surface area contributed by atoms with Gasteiger partial charge in [0, 0.05) is 27.6 Å². The summed E-state index contributed by atoms with van der Waals surface area (Å²) in [4.78, 5) is 31.9.